The lowest BCUT2D eigenvalue weighted by Crippen LogP contribution is -2.47. The van der Waals surface area contributed by atoms with Crippen molar-refractivity contribution in [3.05, 3.63) is 24.3 Å². The van der Waals surface area contributed by atoms with Crippen LogP contribution in [-0.2, 0) is 14.6 Å². The number of sulfone groups is 1. The zero-order valence-corrected chi connectivity index (χ0v) is 15.7. The van der Waals surface area contributed by atoms with Gasteiger partial charge in [-0.05, 0) is 43.5 Å². The lowest BCUT2D eigenvalue weighted by molar-refractivity contribution is -0.00166. The molecule has 1 saturated carbocycles. The predicted molar refractivity (Wildman–Crippen MR) is 95.9 cm³/mol. The van der Waals surface area contributed by atoms with Gasteiger partial charge in [-0.1, -0.05) is 0 Å². The van der Waals surface area contributed by atoms with Gasteiger partial charge in [-0.15, -0.1) is 0 Å². The van der Waals surface area contributed by atoms with Crippen LogP contribution in [0, 0.1) is 5.92 Å². The smallest absolute Gasteiger partial charge is 0.175 e. The summed E-state index contributed by atoms with van der Waals surface area (Å²) in [5.41, 5.74) is 0. The molecule has 4 atom stereocenters. The third-order valence-electron chi connectivity index (χ3n) is 5.19. The third-order valence-corrected chi connectivity index (χ3v) is 6.32. The minimum Gasteiger partial charge on any atom is -0.493 e. The topological polar surface area (TPSA) is 105 Å². The number of ether oxygens (including phenoxy) is 2. The van der Waals surface area contributed by atoms with Gasteiger partial charge in [0.2, 0.25) is 0 Å². The molecule has 146 valence electrons. The van der Waals surface area contributed by atoms with Crippen LogP contribution in [0.4, 0.5) is 0 Å². The quantitative estimate of drug-likeness (QED) is 0.649. The van der Waals surface area contributed by atoms with E-state index in [0.29, 0.717) is 18.2 Å². The number of aliphatic hydroxyl groups is 2. The Hall–Kier alpha value is -1.19. The molecule has 1 aliphatic heterocycles. The van der Waals surface area contributed by atoms with E-state index in [2.05, 4.69) is 5.32 Å². The number of nitrogens with one attached hydrogen (secondary N) is 1. The van der Waals surface area contributed by atoms with Crippen LogP contribution in [0.5, 0.6) is 5.75 Å². The molecule has 1 aromatic carbocycles. The Labute approximate surface area is 154 Å². The monoisotopic (exact) mass is 385 g/mol. The summed E-state index contributed by atoms with van der Waals surface area (Å²) >= 11 is 0. The van der Waals surface area contributed by atoms with Crippen molar-refractivity contribution in [2.75, 3.05) is 26.1 Å². The summed E-state index contributed by atoms with van der Waals surface area (Å²) in [4.78, 5) is 0.238. The van der Waals surface area contributed by atoms with Crippen molar-refractivity contribution in [2.24, 2.45) is 5.92 Å². The molecule has 0 spiro atoms. The molecule has 7 nitrogen and oxygen atoms in total. The summed E-state index contributed by atoms with van der Waals surface area (Å²) in [5, 5.41) is 24.1. The molecule has 0 unspecified atom stereocenters. The maximum atomic E-state index is 11.5. The Bertz CT molecular complexity index is 686. The Morgan fingerprint density at radius 1 is 1.15 bits per heavy atom. The first kappa shape index (κ1) is 19.6. The fourth-order valence-corrected chi connectivity index (χ4v) is 4.24. The molecule has 1 aliphatic carbocycles. The lowest BCUT2D eigenvalue weighted by atomic mass is 10.1. The van der Waals surface area contributed by atoms with Gasteiger partial charge in [0.15, 0.2) is 9.84 Å². The highest BCUT2D eigenvalue weighted by atomic mass is 32.2. The first-order valence-corrected chi connectivity index (χ1v) is 10.9. The molecule has 0 amide bonds. The second-order valence-corrected chi connectivity index (χ2v) is 9.21. The zero-order valence-electron chi connectivity index (χ0n) is 14.9. The van der Waals surface area contributed by atoms with E-state index in [0.717, 1.165) is 32.3 Å². The van der Waals surface area contributed by atoms with Crippen molar-refractivity contribution in [1.29, 1.82) is 0 Å². The van der Waals surface area contributed by atoms with Crippen LogP contribution in [0.25, 0.3) is 0 Å². The fraction of sp³-hybridized carbons (Fsp3) is 0.667. The molecule has 0 bridgehead atoms. The maximum absolute atomic E-state index is 11.5. The SMILES string of the molecule is CS(=O)(=O)c1ccc(OC[C@H]2C[C@@H](NC3CCOCC3)[C@H](O)[C@@H]2O)cc1. The Morgan fingerprint density at radius 3 is 2.42 bits per heavy atom. The summed E-state index contributed by atoms with van der Waals surface area (Å²) in [7, 11) is -3.23. The molecule has 8 heteroatoms. The largest absolute Gasteiger partial charge is 0.493 e. The van der Waals surface area contributed by atoms with E-state index in [1.807, 2.05) is 0 Å². The summed E-state index contributed by atoms with van der Waals surface area (Å²) in [6.07, 6.45) is 1.94. The second kappa shape index (κ2) is 8.22. The minimum absolute atomic E-state index is 0.158. The van der Waals surface area contributed by atoms with Crippen molar-refractivity contribution in [1.82, 2.24) is 5.32 Å². The molecule has 0 aromatic heterocycles. The van der Waals surface area contributed by atoms with Crippen LogP contribution >= 0.6 is 0 Å². The average molecular weight is 385 g/mol. The van der Waals surface area contributed by atoms with E-state index in [1.165, 1.54) is 12.1 Å². The summed E-state index contributed by atoms with van der Waals surface area (Å²) in [6.45, 7) is 1.71. The number of rotatable bonds is 6. The molecule has 2 fully saturated rings. The third kappa shape index (κ3) is 4.75. The van der Waals surface area contributed by atoms with Crippen molar-refractivity contribution in [2.45, 2.75) is 48.4 Å². The standard InChI is InChI=1S/C18H27NO6S/c1-26(22,23)15-4-2-14(3-5-15)25-11-12-10-16(18(21)17(12)20)19-13-6-8-24-9-7-13/h2-5,12-13,16-21H,6-11H2,1H3/t12-,16-,17-,18+/m1/s1. The summed E-state index contributed by atoms with van der Waals surface area (Å²) in [5.74, 6) is 0.358. The Kier molecular flexibility index (Phi) is 6.19. The van der Waals surface area contributed by atoms with E-state index in [9.17, 15) is 18.6 Å². The first-order valence-electron chi connectivity index (χ1n) is 8.97. The van der Waals surface area contributed by atoms with Crippen LogP contribution in [0.2, 0.25) is 0 Å². The van der Waals surface area contributed by atoms with Gasteiger partial charge in [0, 0.05) is 37.5 Å². The summed E-state index contributed by atoms with van der Waals surface area (Å²) < 4.78 is 34.0. The van der Waals surface area contributed by atoms with Crippen LogP contribution in [0.15, 0.2) is 29.2 Å². The van der Waals surface area contributed by atoms with Gasteiger partial charge in [0.05, 0.1) is 23.7 Å². The number of benzene rings is 1. The van der Waals surface area contributed by atoms with E-state index >= 15 is 0 Å². The lowest BCUT2D eigenvalue weighted by Gasteiger charge is -2.28. The van der Waals surface area contributed by atoms with E-state index < -0.39 is 22.0 Å². The average Bonchev–Trinajstić information content (AvgIpc) is 2.88. The maximum Gasteiger partial charge on any atom is 0.175 e. The van der Waals surface area contributed by atoms with Crippen LogP contribution in [-0.4, -0.2) is 69.0 Å². The van der Waals surface area contributed by atoms with Crippen LogP contribution < -0.4 is 10.1 Å². The highest BCUT2D eigenvalue weighted by Crippen LogP contribution is 2.29. The zero-order chi connectivity index (χ0) is 18.7. The van der Waals surface area contributed by atoms with Crippen LogP contribution in [0.1, 0.15) is 19.3 Å². The van der Waals surface area contributed by atoms with Gasteiger partial charge >= 0.3 is 0 Å². The number of hydrogen-bond donors (Lipinski definition) is 3. The van der Waals surface area contributed by atoms with E-state index in [4.69, 9.17) is 9.47 Å². The van der Waals surface area contributed by atoms with Crippen molar-refractivity contribution in [3.8, 4) is 5.75 Å². The van der Waals surface area contributed by atoms with Gasteiger partial charge in [-0.25, -0.2) is 8.42 Å². The molecular weight excluding hydrogens is 358 g/mol. The van der Waals surface area contributed by atoms with Gasteiger partial charge in [0.1, 0.15) is 5.75 Å². The van der Waals surface area contributed by atoms with Gasteiger partial charge in [-0.3, -0.25) is 0 Å². The fourth-order valence-electron chi connectivity index (χ4n) is 3.61. The van der Waals surface area contributed by atoms with Gasteiger partial charge < -0.3 is 25.0 Å². The highest BCUT2D eigenvalue weighted by molar-refractivity contribution is 7.90. The van der Waals surface area contributed by atoms with E-state index in [-0.39, 0.29) is 23.5 Å². The number of hydrogen-bond acceptors (Lipinski definition) is 7. The number of aliphatic hydroxyl groups excluding tert-OH is 2. The second-order valence-electron chi connectivity index (χ2n) is 7.19. The molecule has 2 aliphatic rings. The highest BCUT2D eigenvalue weighted by Gasteiger charge is 2.42. The van der Waals surface area contributed by atoms with Crippen molar-refractivity contribution >= 4 is 9.84 Å². The molecular formula is C18H27NO6S. The van der Waals surface area contributed by atoms with E-state index in [1.54, 1.807) is 12.1 Å². The molecule has 3 N–H and O–H groups in total. The predicted octanol–water partition coefficient (Wildman–Crippen LogP) is 0.348. The molecule has 1 heterocycles. The van der Waals surface area contributed by atoms with Gasteiger partial charge in [0.25, 0.3) is 0 Å². The molecule has 3 rings (SSSR count). The summed E-state index contributed by atoms with van der Waals surface area (Å²) in [6, 6.07) is 6.35. The normalized spacial score (nSPS) is 30.4. The molecule has 0 radical (unpaired) electrons. The molecule has 1 aromatic rings. The first-order chi connectivity index (χ1) is 12.3. The Balaban J connectivity index is 1.53. The van der Waals surface area contributed by atoms with Crippen molar-refractivity contribution in [3.63, 3.8) is 0 Å². The Morgan fingerprint density at radius 2 is 1.81 bits per heavy atom. The van der Waals surface area contributed by atoms with Gasteiger partial charge in [-0.2, -0.15) is 0 Å². The molecule has 26 heavy (non-hydrogen) atoms. The molecule has 1 saturated heterocycles. The minimum atomic E-state index is -3.23. The van der Waals surface area contributed by atoms with Crippen molar-refractivity contribution < 1.29 is 28.1 Å². The van der Waals surface area contributed by atoms with Crippen LogP contribution in [0.3, 0.4) is 0 Å².